The van der Waals surface area contributed by atoms with Gasteiger partial charge >= 0.3 is 0 Å². The summed E-state index contributed by atoms with van der Waals surface area (Å²) >= 11 is 0. The third kappa shape index (κ3) is 13.6. The molecule has 2 N–H and O–H groups in total. The molecule has 0 aromatic carbocycles. The molecule has 0 heterocycles. The Morgan fingerprint density at radius 1 is 1.00 bits per heavy atom. The number of ether oxygens (including phenoxy) is 2. The van der Waals surface area contributed by atoms with Crippen LogP contribution in [0.25, 0.3) is 0 Å². The van der Waals surface area contributed by atoms with Crippen molar-refractivity contribution in [3.8, 4) is 0 Å². The zero-order valence-corrected chi connectivity index (χ0v) is 13.9. The third-order valence-electron chi connectivity index (χ3n) is 2.36. The van der Waals surface area contributed by atoms with Crippen LogP contribution in [0.5, 0.6) is 0 Å². The lowest BCUT2D eigenvalue weighted by atomic mass is 10.1. The molecule has 5 nitrogen and oxygen atoms in total. The fraction of sp³-hybridized carbons (Fsp3) is 0.933. The van der Waals surface area contributed by atoms with Crippen LogP contribution in [0.4, 0.5) is 0 Å². The molecule has 0 rings (SSSR count). The van der Waals surface area contributed by atoms with E-state index in [2.05, 4.69) is 50.2 Å². The fourth-order valence-electron chi connectivity index (χ4n) is 1.45. The lowest BCUT2D eigenvalue weighted by molar-refractivity contribution is 0.0497. The third-order valence-corrected chi connectivity index (χ3v) is 2.36. The Morgan fingerprint density at radius 2 is 1.65 bits per heavy atom. The molecule has 0 aromatic heterocycles. The van der Waals surface area contributed by atoms with Crippen LogP contribution >= 0.6 is 0 Å². The summed E-state index contributed by atoms with van der Waals surface area (Å²) in [6.07, 6.45) is 2.29. The molecule has 0 saturated heterocycles. The quantitative estimate of drug-likeness (QED) is 0.367. The highest BCUT2D eigenvalue weighted by Crippen LogP contribution is 1.97. The summed E-state index contributed by atoms with van der Waals surface area (Å²) in [5.41, 5.74) is 0.00891. The van der Waals surface area contributed by atoms with E-state index in [0.717, 1.165) is 25.5 Å². The van der Waals surface area contributed by atoms with Crippen LogP contribution in [-0.4, -0.2) is 51.0 Å². The number of nitrogens with zero attached hydrogens (tertiary/aromatic N) is 1. The van der Waals surface area contributed by atoms with Gasteiger partial charge in [0.15, 0.2) is 5.96 Å². The normalized spacial score (nSPS) is 12.6. The Bertz CT molecular complexity index is 250. The minimum Gasteiger partial charge on any atom is -0.379 e. The number of nitrogens with one attached hydrogen (secondary N) is 2. The zero-order valence-electron chi connectivity index (χ0n) is 13.9. The van der Waals surface area contributed by atoms with Crippen LogP contribution in [-0.2, 0) is 9.47 Å². The average Bonchev–Trinajstić information content (AvgIpc) is 2.35. The fourth-order valence-corrected chi connectivity index (χ4v) is 1.45. The second kappa shape index (κ2) is 12.0. The maximum Gasteiger partial charge on any atom is 0.191 e. The van der Waals surface area contributed by atoms with Crippen molar-refractivity contribution in [3.63, 3.8) is 0 Å². The van der Waals surface area contributed by atoms with Crippen LogP contribution < -0.4 is 10.6 Å². The summed E-state index contributed by atoms with van der Waals surface area (Å²) in [5.74, 6) is 0.836. The van der Waals surface area contributed by atoms with Crippen molar-refractivity contribution in [1.82, 2.24) is 10.6 Å². The largest absolute Gasteiger partial charge is 0.379 e. The van der Waals surface area contributed by atoms with E-state index in [1.54, 1.807) is 0 Å². The van der Waals surface area contributed by atoms with Crippen LogP contribution in [0.1, 0.15) is 47.5 Å². The van der Waals surface area contributed by atoms with Crippen molar-refractivity contribution in [2.45, 2.75) is 53.0 Å². The molecule has 0 saturated carbocycles. The first-order valence-electron chi connectivity index (χ1n) is 7.71. The number of rotatable bonds is 10. The first kappa shape index (κ1) is 19.2. The highest BCUT2D eigenvalue weighted by atomic mass is 16.5. The van der Waals surface area contributed by atoms with Crippen molar-refractivity contribution < 1.29 is 9.47 Å². The molecule has 0 bridgehead atoms. The predicted molar refractivity (Wildman–Crippen MR) is 85.4 cm³/mol. The van der Waals surface area contributed by atoms with Crippen LogP contribution in [0.2, 0.25) is 0 Å². The van der Waals surface area contributed by atoms with Gasteiger partial charge in [-0.05, 0) is 34.1 Å². The van der Waals surface area contributed by atoms with Gasteiger partial charge in [-0.1, -0.05) is 13.3 Å². The van der Waals surface area contributed by atoms with E-state index >= 15 is 0 Å². The molecule has 120 valence electrons. The highest BCUT2D eigenvalue weighted by molar-refractivity contribution is 5.80. The minimum atomic E-state index is 0.00891. The van der Waals surface area contributed by atoms with Crippen LogP contribution in [0.3, 0.4) is 0 Å². The van der Waals surface area contributed by atoms with Crippen LogP contribution in [0.15, 0.2) is 4.99 Å². The highest BCUT2D eigenvalue weighted by Gasteiger charge is 2.11. The molecule has 0 atom stereocenters. The molecule has 0 aliphatic carbocycles. The lowest BCUT2D eigenvalue weighted by Gasteiger charge is -2.23. The second-order valence-electron chi connectivity index (χ2n) is 5.71. The molecule has 0 spiro atoms. The van der Waals surface area contributed by atoms with E-state index in [9.17, 15) is 0 Å². The molecule has 20 heavy (non-hydrogen) atoms. The maximum absolute atomic E-state index is 5.48. The number of hydrogen-bond acceptors (Lipinski definition) is 3. The number of guanidine groups is 1. The molecule has 0 unspecified atom stereocenters. The summed E-state index contributed by atoms with van der Waals surface area (Å²) in [4.78, 5) is 4.47. The maximum atomic E-state index is 5.48. The van der Waals surface area contributed by atoms with E-state index in [1.165, 1.54) is 6.42 Å². The van der Waals surface area contributed by atoms with Crippen molar-refractivity contribution in [2.24, 2.45) is 4.99 Å². The average molecular weight is 287 g/mol. The smallest absolute Gasteiger partial charge is 0.191 e. The van der Waals surface area contributed by atoms with Gasteiger partial charge in [0.05, 0.1) is 26.4 Å². The van der Waals surface area contributed by atoms with E-state index in [1.807, 2.05) is 0 Å². The second-order valence-corrected chi connectivity index (χ2v) is 5.71. The van der Waals surface area contributed by atoms with Crippen molar-refractivity contribution >= 4 is 5.96 Å². The molecule has 5 heteroatoms. The molecule has 0 fully saturated rings. The Labute approximate surface area is 124 Å². The van der Waals surface area contributed by atoms with Crippen molar-refractivity contribution in [3.05, 3.63) is 0 Å². The Hall–Kier alpha value is -0.810. The molecular weight excluding hydrogens is 254 g/mol. The Kier molecular flexibility index (Phi) is 11.5. The van der Waals surface area contributed by atoms with Gasteiger partial charge in [-0.2, -0.15) is 0 Å². The van der Waals surface area contributed by atoms with E-state index in [0.29, 0.717) is 26.4 Å². The summed E-state index contributed by atoms with van der Waals surface area (Å²) in [7, 11) is 0. The molecule has 0 aliphatic rings. The Balaban J connectivity index is 3.67. The number of hydrogen-bond donors (Lipinski definition) is 2. The predicted octanol–water partition coefficient (Wildman–Crippen LogP) is 2.17. The topological polar surface area (TPSA) is 54.9 Å². The summed E-state index contributed by atoms with van der Waals surface area (Å²) < 4.78 is 10.9. The van der Waals surface area contributed by atoms with Gasteiger partial charge in [-0.15, -0.1) is 0 Å². The van der Waals surface area contributed by atoms with Crippen LogP contribution in [0, 0.1) is 0 Å². The standard InChI is InChI=1S/C15H33N3O2/c1-6-8-10-19-12-13-20-11-9-17-14(16-7-2)18-15(3,4)5/h6-13H2,1-5H3,(H2,16,17,18). The summed E-state index contributed by atoms with van der Waals surface area (Å²) in [6.45, 7) is 14.8. The number of aliphatic imine (C=N–C) groups is 1. The minimum absolute atomic E-state index is 0.00891. The van der Waals surface area contributed by atoms with Crippen molar-refractivity contribution in [2.75, 3.05) is 39.5 Å². The zero-order chi connectivity index (χ0) is 15.3. The van der Waals surface area contributed by atoms with Gasteiger partial charge in [-0.3, -0.25) is 4.99 Å². The Morgan fingerprint density at radius 3 is 2.20 bits per heavy atom. The molecular formula is C15H33N3O2. The van der Waals surface area contributed by atoms with Gasteiger partial charge in [0, 0.05) is 18.7 Å². The molecule has 0 amide bonds. The van der Waals surface area contributed by atoms with Gasteiger partial charge in [-0.25, -0.2) is 0 Å². The first-order chi connectivity index (χ1) is 9.49. The van der Waals surface area contributed by atoms with Gasteiger partial charge in [0.2, 0.25) is 0 Å². The van der Waals surface area contributed by atoms with Gasteiger partial charge < -0.3 is 20.1 Å². The summed E-state index contributed by atoms with van der Waals surface area (Å²) in [5, 5.41) is 6.56. The van der Waals surface area contributed by atoms with Gasteiger partial charge in [0.25, 0.3) is 0 Å². The molecule has 0 aromatic rings. The number of unbranched alkanes of at least 4 members (excludes halogenated alkanes) is 1. The monoisotopic (exact) mass is 287 g/mol. The van der Waals surface area contributed by atoms with Gasteiger partial charge in [0.1, 0.15) is 0 Å². The first-order valence-corrected chi connectivity index (χ1v) is 7.71. The molecule has 0 radical (unpaired) electrons. The van der Waals surface area contributed by atoms with E-state index in [-0.39, 0.29) is 5.54 Å². The lowest BCUT2D eigenvalue weighted by Crippen LogP contribution is -2.47. The van der Waals surface area contributed by atoms with Crippen molar-refractivity contribution in [1.29, 1.82) is 0 Å². The SMILES string of the molecule is CCCCOCCOCCN=C(NCC)NC(C)(C)C. The van der Waals surface area contributed by atoms with E-state index < -0.39 is 0 Å². The summed E-state index contributed by atoms with van der Waals surface area (Å²) in [6, 6.07) is 0. The van der Waals surface area contributed by atoms with E-state index in [4.69, 9.17) is 9.47 Å². The molecule has 0 aliphatic heterocycles.